The minimum atomic E-state index is 0.550. The number of unbranched alkanes of at least 4 members (excludes halogenated alkanes) is 2. The van der Waals surface area contributed by atoms with Crippen molar-refractivity contribution >= 4 is 0 Å². The molecule has 0 saturated carbocycles. The summed E-state index contributed by atoms with van der Waals surface area (Å²) >= 11 is 0. The molecule has 2 heteroatoms. The molecule has 79 valence electrons. The van der Waals surface area contributed by atoms with Gasteiger partial charge in [0.2, 0.25) is 0 Å². The summed E-state index contributed by atoms with van der Waals surface area (Å²) in [5, 5.41) is 1.89. The van der Waals surface area contributed by atoms with Crippen molar-refractivity contribution < 1.29 is 0 Å². The number of hydrazine groups is 1. The summed E-state index contributed by atoms with van der Waals surface area (Å²) in [5.41, 5.74) is 0. The molecular weight excluding hydrogens is 160 g/mol. The van der Waals surface area contributed by atoms with Gasteiger partial charge in [0.1, 0.15) is 0 Å². The van der Waals surface area contributed by atoms with Crippen LogP contribution in [0.5, 0.6) is 0 Å². The first-order chi connectivity index (χ1) is 6.26. The SMILES string of the molecule is [CH2]CN(N)C(CCC)CCCCC. The van der Waals surface area contributed by atoms with E-state index in [1.165, 1.54) is 38.5 Å². The van der Waals surface area contributed by atoms with Crippen molar-refractivity contribution in [1.29, 1.82) is 0 Å². The molecular formula is C11H25N2. The highest BCUT2D eigenvalue weighted by molar-refractivity contribution is 4.67. The van der Waals surface area contributed by atoms with Gasteiger partial charge in [-0.05, 0) is 19.8 Å². The predicted octanol–water partition coefficient (Wildman–Crippen LogP) is 2.75. The van der Waals surface area contributed by atoms with E-state index >= 15 is 0 Å². The lowest BCUT2D eigenvalue weighted by molar-refractivity contribution is 0.194. The monoisotopic (exact) mass is 185 g/mol. The van der Waals surface area contributed by atoms with E-state index in [9.17, 15) is 0 Å². The van der Waals surface area contributed by atoms with Gasteiger partial charge in [-0.25, -0.2) is 5.01 Å². The molecule has 0 aliphatic rings. The van der Waals surface area contributed by atoms with Gasteiger partial charge in [0, 0.05) is 12.6 Å². The maximum Gasteiger partial charge on any atom is 0.0241 e. The molecule has 13 heavy (non-hydrogen) atoms. The van der Waals surface area contributed by atoms with Crippen LogP contribution in [0.1, 0.15) is 52.4 Å². The fourth-order valence-electron chi connectivity index (χ4n) is 1.62. The first-order valence-electron chi connectivity index (χ1n) is 5.56. The molecule has 0 aliphatic heterocycles. The molecule has 0 fully saturated rings. The molecule has 0 aromatic carbocycles. The van der Waals surface area contributed by atoms with E-state index in [0.29, 0.717) is 6.04 Å². The van der Waals surface area contributed by atoms with E-state index in [4.69, 9.17) is 5.84 Å². The normalized spacial score (nSPS) is 13.6. The maximum atomic E-state index is 5.86. The third-order valence-corrected chi connectivity index (χ3v) is 2.49. The topological polar surface area (TPSA) is 29.3 Å². The molecule has 1 atom stereocenters. The van der Waals surface area contributed by atoms with Crippen molar-refractivity contribution in [2.45, 2.75) is 58.4 Å². The lowest BCUT2D eigenvalue weighted by Gasteiger charge is -2.25. The van der Waals surface area contributed by atoms with Gasteiger partial charge in [-0.2, -0.15) is 0 Å². The number of nitrogens with zero attached hydrogens (tertiary/aromatic N) is 1. The van der Waals surface area contributed by atoms with Crippen molar-refractivity contribution in [2.75, 3.05) is 6.54 Å². The summed E-state index contributed by atoms with van der Waals surface area (Å²) in [5.74, 6) is 5.86. The van der Waals surface area contributed by atoms with Crippen LogP contribution >= 0.6 is 0 Å². The van der Waals surface area contributed by atoms with E-state index < -0.39 is 0 Å². The average Bonchev–Trinajstić information content (AvgIpc) is 2.16. The summed E-state index contributed by atoms with van der Waals surface area (Å²) < 4.78 is 0. The second-order valence-corrected chi connectivity index (χ2v) is 3.68. The molecule has 0 spiro atoms. The summed E-state index contributed by atoms with van der Waals surface area (Å²) in [4.78, 5) is 0. The van der Waals surface area contributed by atoms with Crippen molar-refractivity contribution in [3.63, 3.8) is 0 Å². The van der Waals surface area contributed by atoms with Gasteiger partial charge in [0.15, 0.2) is 0 Å². The van der Waals surface area contributed by atoms with E-state index in [2.05, 4.69) is 20.8 Å². The summed E-state index contributed by atoms with van der Waals surface area (Å²) in [6, 6.07) is 0.550. The molecule has 0 rings (SSSR count). The van der Waals surface area contributed by atoms with Crippen LogP contribution in [0.2, 0.25) is 0 Å². The Morgan fingerprint density at radius 2 is 1.85 bits per heavy atom. The highest BCUT2D eigenvalue weighted by Crippen LogP contribution is 2.12. The van der Waals surface area contributed by atoms with Crippen molar-refractivity contribution in [3.05, 3.63) is 6.92 Å². The van der Waals surface area contributed by atoms with E-state index in [1.807, 2.05) is 5.01 Å². The van der Waals surface area contributed by atoms with Crippen LogP contribution in [0.4, 0.5) is 0 Å². The largest absolute Gasteiger partial charge is 0.269 e. The molecule has 1 radical (unpaired) electrons. The quantitative estimate of drug-likeness (QED) is 0.358. The molecule has 0 aromatic rings. The lowest BCUT2D eigenvalue weighted by atomic mass is 10.0. The molecule has 0 aromatic heterocycles. The van der Waals surface area contributed by atoms with Gasteiger partial charge in [-0.15, -0.1) is 0 Å². The molecule has 2 nitrogen and oxygen atoms in total. The van der Waals surface area contributed by atoms with Crippen molar-refractivity contribution in [1.82, 2.24) is 5.01 Å². The highest BCUT2D eigenvalue weighted by Gasteiger charge is 2.11. The smallest absolute Gasteiger partial charge is 0.0241 e. The fraction of sp³-hybridized carbons (Fsp3) is 0.909. The highest BCUT2D eigenvalue weighted by atomic mass is 15.4. The average molecular weight is 185 g/mol. The first-order valence-corrected chi connectivity index (χ1v) is 5.56. The van der Waals surface area contributed by atoms with Crippen LogP contribution in [-0.4, -0.2) is 17.6 Å². The van der Waals surface area contributed by atoms with Crippen LogP contribution in [-0.2, 0) is 0 Å². The third-order valence-electron chi connectivity index (χ3n) is 2.49. The van der Waals surface area contributed by atoms with Gasteiger partial charge in [0.05, 0.1) is 0 Å². The number of rotatable bonds is 8. The van der Waals surface area contributed by atoms with Gasteiger partial charge < -0.3 is 0 Å². The Balaban J connectivity index is 3.65. The minimum absolute atomic E-state index is 0.550. The minimum Gasteiger partial charge on any atom is -0.269 e. The van der Waals surface area contributed by atoms with Gasteiger partial charge in [0.25, 0.3) is 0 Å². The van der Waals surface area contributed by atoms with E-state index in [0.717, 1.165) is 6.54 Å². The Hall–Kier alpha value is -0.0800. The zero-order valence-corrected chi connectivity index (χ0v) is 9.26. The van der Waals surface area contributed by atoms with Gasteiger partial charge in [-0.3, -0.25) is 5.84 Å². The number of nitrogens with two attached hydrogens (primary N) is 1. The first kappa shape index (κ1) is 12.9. The number of hydrogen-bond acceptors (Lipinski definition) is 2. The van der Waals surface area contributed by atoms with Crippen LogP contribution in [0.3, 0.4) is 0 Å². The van der Waals surface area contributed by atoms with E-state index in [-0.39, 0.29) is 0 Å². The molecule has 0 amide bonds. The molecule has 0 aliphatic carbocycles. The molecule has 2 N–H and O–H groups in total. The third kappa shape index (κ3) is 6.05. The Morgan fingerprint density at radius 1 is 1.15 bits per heavy atom. The summed E-state index contributed by atoms with van der Waals surface area (Å²) in [7, 11) is 0. The summed E-state index contributed by atoms with van der Waals surface area (Å²) in [6.07, 6.45) is 7.56. The van der Waals surface area contributed by atoms with Crippen LogP contribution < -0.4 is 5.84 Å². The molecule has 0 heterocycles. The maximum absolute atomic E-state index is 5.86. The standard InChI is InChI=1S/C11H25N2/c1-4-7-8-10-11(9-5-2)13(12)6-3/h11H,3-10,12H2,1-2H3. The second kappa shape index (κ2) is 8.52. The van der Waals surface area contributed by atoms with Crippen LogP contribution in [0, 0.1) is 6.92 Å². The Morgan fingerprint density at radius 3 is 2.31 bits per heavy atom. The van der Waals surface area contributed by atoms with Crippen LogP contribution in [0.25, 0.3) is 0 Å². The predicted molar refractivity (Wildman–Crippen MR) is 59.1 cm³/mol. The Labute approximate surface area is 83.5 Å². The number of hydrogen-bond donors (Lipinski definition) is 1. The van der Waals surface area contributed by atoms with Gasteiger partial charge in [-0.1, -0.05) is 39.5 Å². The summed E-state index contributed by atoms with van der Waals surface area (Å²) in [6.45, 7) is 8.98. The molecule has 0 bridgehead atoms. The lowest BCUT2D eigenvalue weighted by Crippen LogP contribution is -2.40. The van der Waals surface area contributed by atoms with E-state index in [1.54, 1.807) is 0 Å². The van der Waals surface area contributed by atoms with Gasteiger partial charge >= 0.3 is 0 Å². The molecule has 1 unspecified atom stereocenters. The Bertz CT molecular complexity index is 104. The molecule has 0 saturated heterocycles. The zero-order valence-electron chi connectivity index (χ0n) is 9.26. The van der Waals surface area contributed by atoms with Crippen molar-refractivity contribution in [3.8, 4) is 0 Å². The second-order valence-electron chi connectivity index (χ2n) is 3.68. The fourth-order valence-corrected chi connectivity index (χ4v) is 1.62. The zero-order chi connectivity index (χ0) is 10.1. The Kier molecular flexibility index (Phi) is 8.46. The van der Waals surface area contributed by atoms with Crippen molar-refractivity contribution in [2.24, 2.45) is 5.84 Å². The van der Waals surface area contributed by atoms with Crippen LogP contribution in [0.15, 0.2) is 0 Å².